The van der Waals surface area contributed by atoms with Crippen molar-refractivity contribution in [3.05, 3.63) is 0 Å². The van der Waals surface area contributed by atoms with E-state index in [9.17, 15) is 18.0 Å². The molecule has 2 aliphatic heterocycles. The van der Waals surface area contributed by atoms with Gasteiger partial charge in [-0.3, -0.25) is 15.0 Å². The predicted molar refractivity (Wildman–Crippen MR) is 117 cm³/mol. The fourth-order valence-corrected chi connectivity index (χ4v) is 6.40. The molecule has 1 saturated carbocycles. The van der Waals surface area contributed by atoms with E-state index in [2.05, 4.69) is 10.6 Å². The first-order chi connectivity index (χ1) is 14.7. The Balaban J connectivity index is 1.46. The second-order valence-corrected chi connectivity index (χ2v) is 10.9. The van der Waals surface area contributed by atoms with Crippen LogP contribution in [0.4, 0.5) is 4.79 Å². The second-order valence-electron chi connectivity index (χ2n) is 8.99. The number of hydrogen-bond donors (Lipinski definition) is 2. The topological polar surface area (TPSA) is 111 Å². The fraction of sp³-hybridized carbons (Fsp3) is 0.900. The largest absolute Gasteiger partial charge is 0.373 e. The monoisotopic (exact) mass is 459 g/mol. The molecular formula is C20H37N5O5S. The van der Waals surface area contributed by atoms with E-state index in [0.717, 1.165) is 25.7 Å². The highest BCUT2D eigenvalue weighted by atomic mass is 32.2. The zero-order valence-corrected chi connectivity index (χ0v) is 19.7. The molecule has 11 heteroatoms. The van der Waals surface area contributed by atoms with Crippen LogP contribution in [0.5, 0.6) is 0 Å². The fourth-order valence-electron chi connectivity index (χ4n) is 4.65. The molecule has 0 aromatic heterocycles. The first-order valence-corrected chi connectivity index (χ1v) is 12.8. The van der Waals surface area contributed by atoms with E-state index in [1.165, 1.54) is 15.0 Å². The van der Waals surface area contributed by atoms with Crippen molar-refractivity contribution >= 4 is 22.1 Å². The van der Waals surface area contributed by atoms with Crippen molar-refractivity contribution in [2.24, 2.45) is 0 Å². The van der Waals surface area contributed by atoms with Gasteiger partial charge >= 0.3 is 6.03 Å². The number of rotatable bonds is 5. The van der Waals surface area contributed by atoms with Crippen molar-refractivity contribution in [2.45, 2.75) is 77.2 Å². The van der Waals surface area contributed by atoms with Gasteiger partial charge in [0.1, 0.15) is 0 Å². The lowest BCUT2D eigenvalue weighted by Crippen LogP contribution is -2.59. The van der Waals surface area contributed by atoms with Gasteiger partial charge in [-0.15, -0.1) is 0 Å². The van der Waals surface area contributed by atoms with Crippen LogP contribution in [0.2, 0.25) is 0 Å². The Morgan fingerprint density at radius 3 is 2.10 bits per heavy atom. The SMILES string of the molecule is CC1CN(S(=O)(=O)N2CCN(C(C)C(=O)NC(=O)NC3CCCCC3)CC2)CC(C)O1. The number of imide groups is 1. The molecule has 3 fully saturated rings. The summed E-state index contributed by atoms with van der Waals surface area (Å²) >= 11 is 0. The van der Waals surface area contributed by atoms with Crippen LogP contribution in [0.3, 0.4) is 0 Å². The highest BCUT2D eigenvalue weighted by Crippen LogP contribution is 2.20. The smallest absolute Gasteiger partial charge is 0.321 e. The number of hydrogen-bond acceptors (Lipinski definition) is 6. The molecule has 2 N–H and O–H groups in total. The summed E-state index contributed by atoms with van der Waals surface area (Å²) in [6.45, 7) is 7.70. The summed E-state index contributed by atoms with van der Waals surface area (Å²) in [6, 6.07) is -0.817. The number of carbonyl (C=O) groups is 2. The van der Waals surface area contributed by atoms with E-state index in [1.807, 2.05) is 18.7 Å². The summed E-state index contributed by atoms with van der Waals surface area (Å²) in [5.74, 6) is -0.361. The van der Waals surface area contributed by atoms with Crippen LogP contribution in [0.1, 0.15) is 52.9 Å². The van der Waals surface area contributed by atoms with E-state index >= 15 is 0 Å². The Morgan fingerprint density at radius 2 is 1.52 bits per heavy atom. The van der Waals surface area contributed by atoms with Crippen molar-refractivity contribution in [3.63, 3.8) is 0 Å². The van der Waals surface area contributed by atoms with Gasteiger partial charge in [-0.1, -0.05) is 19.3 Å². The van der Waals surface area contributed by atoms with Crippen LogP contribution in [0.15, 0.2) is 0 Å². The summed E-state index contributed by atoms with van der Waals surface area (Å²) in [5.41, 5.74) is 0. The van der Waals surface area contributed by atoms with Crippen molar-refractivity contribution in [2.75, 3.05) is 39.3 Å². The Kier molecular flexibility index (Phi) is 8.31. The quantitative estimate of drug-likeness (QED) is 0.620. The molecule has 0 aromatic rings. The molecule has 31 heavy (non-hydrogen) atoms. The number of carbonyl (C=O) groups excluding carboxylic acids is 2. The van der Waals surface area contributed by atoms with Crippen molar-refractivity contribution in [1.29, 1.82) is 0 Å². The van der Waals surface area contributed by atoms with Gasteiger partial charge in [0.15, 0.2) is 0 Å². The van der Waals surface area contributed by atoms with E-state index in [4.69, 9.17) is 4.74 Å². The standard InChI is InChI=1S/C20H37N5O5S/c1-15-13-25(14-16(2)30-15)31(28,29)24-11-9-23(10-12-24)17(3)19(26)22-20(27)21-18-7-5-4-6-8-18/h15-18H,4-14H2,1-3H3,(H2,21,22,26,27). The summed E-state index contributed by atoms with van der Waals surface area (Å²) in [7, 11) is -3.56. The number of piperazine rings is 1. The maximum Gasteiger partial charge on any atom is 0.321 e. The lowest BCUT2D eigenvalue weighted by atomic mass is 9.96. The molecule has 0 radical (unpaired) electrons. The highest BCUT2D eigenvalue weighted by Gasteiger charge is 2.38. The van der Waals surface area contributed by atoms with Crippen LogP contribution in [-0.4, -0.2) is 97.4 Å². The molecule has 3 atom stereocenters. The number of amides is 3. The maximum absolute atomic E-state index is 13.0. The molecule has 2 heterocycles. The first-order valence-electron chi connectivity index (χ1n) is 11.4. The minimum Gasteiger partial charge on any atom is -0.373 e. The molecule has 10 nitrogen and oxygen atoms in total. The number of ether oxygens (including phenoxy) is 1. The lowest BCUT2D eigenvalue weighted by molar-refractivity contribution is -0.125. The maximum atomic E-state index is 13.0. The molecule has 0 bridgehead atoms. The Morgan fingerprint density at radius 1 is 0.935 bits per heavy atom. The predicted octanol–water partition coefficient (Wildman–Crippen LogP) is 0.505. The molecular weight excluding hydrogens is 422 g/mol. The van der Waals surface area contributed by atoms with Gasteiger partial charge in [0, 0.05) is 45.3 Å². The second kappa shape index (κ2) is 10.6. The number of urea groups is 1. The van der Waals surface area contributed by atoms with Crippen LogP contribution >= 0.6 is 0 Å². The third kappa shape index (κ3) is 6.38. The van der Waals surface area contributed by atoms with Gasteiger partial charge in [0.05, 0.1) is 18.2 Å². The number of morpholine rings is 1. The van der Waals surface area contributed by atoms with Crippen LogP contribution in [-0.2, 0) is 19.7 Å². The summed E-state index contributed by atoms with van der Waals surface area (Å²) in [5, 5.41) is 5.33. The summed E-state index contributed by atoms with van der Waals surface area (Å²) in [4.78, 5) is 26.6. The number of nitrogens with one attached hydrogen (secondary N) is 2. The molecule has 3 amide bonds. The Labute approximate surface area is 185 Å². The first kappa shape index (κ1) is 24.4. The van der Waals surface area contributed by atoms with Gasteiger partial charge in [0.2, 0.25) is 5.91 Å². The number of nitrogens with zero attached hydrogens (tertiary/aromatic N) is 3. The minimum absolute atomic E-state index is 0.135. The minimum atomic E-state index is -3.56. The molecule has 3 aliphatic rings. The van der Waals surface area contributed by atoms with E-state index in [0.29, 0.717) is 39.3 Å². The Hall–Kier alpha value is -1.27. The molecule has 1 aliphatic carbocycles. The van der Waals surface area contributed by atoms with E-state index in [1.54, 1.807) is 6.92 Å². The average Bonchev–Trinajstić information content (AvgIpc) is 2.73. The molecule has 2 saturated heterocycles. The van der Waals surface area contributed by atoms with Crippen molar-refractivity contribution < 1.29 is 22.7 Å². The van der Waals surface area contributed by atoms with Gasteiger partial charge in [-0.2, -0.15) is 17.0 Å². The van der Waals surface area contributed by atoms with Crippen LogP contribution in [0.25, 0.3) is 0 Å². The average molecular weight is 460 g/mol. The van der Waals surface area contributed by atoms with E-state index in [-0.39, 0.29) is 24.2 Å². The van der Waals surface area contributed by atoms with Crippen LogP contribution in [0, 0.1) is 0 Å². The molecule has 3 unspecified atom stereocenters. The third-order valence-electron chi connectivity index (χ3n) is 6.42. The lowest BCUT2D eigenvalue weighted by Gasteiger charge is -2.41. The zero-order valence-electron chi connectivity index (χ0n) is 18.9. The van der Waals surface area contributed by atoms with Crippen molar-refractivity contribution in [1.82, 2.24) is 24.1 Å². The highest BCUT2D eigenvalue weighted by molar-refractivity contribution is 7.86. The van der Waals surface area contributed by atoms with Crippen LogP contribution < -0.4 is 10.6 Å². The van der Waals surface area contributed by atoms with E-state index < -0.39 is 22.3 Å². The van der Waals surface area contributed by atoms with Gasteiger partial charge in [0.25, 0.3) is 10.2 Å². The summed E-state index contributed by atoms with van der Waals surface area (Å²) < 4.78 is 34.7. The van der Waals surface area contributed by atoms with Crippen molar-refractivity contribution in [3.8, 4) is 0 Å². The molecule has 178 valence electrons. The van der Waals surface area contributed by atoms with Gasteiger partial charge in [-0.25, -0.2) is 4.79 Å². The Bertz CT molecular complexity index is 724. The molecule has 3 rings (SSSR count). The molecule has 0 spiro atoms. The van der Waals surface area contributed by atoms with Gasteiger partial charge < -0.3 is 10.1 Å². The van der Waals surface area contributed by atoms with Gasteiger partial charge in [-0.05, 0) is 33.6 Å². The molecule has 0 aromatic carbocycles. The third-order valence-corrected chi connectivity index (χ3v) is 8.38. The zero-order chi connectivity index (χ0) is 22.6. The summed E-state index contributed by atoms with van der Waals surface area (Å²) in [6.07, 6.45) is 5.03. The normalized spacial score (nSPS) is 28.7.